The van der Waals surface area contributed by atoms with Crippen LogP contribution in [-0.2, 0) is 0 Å². The third kappa shape index (κ3) is 2.44. The number of halogens is 1. The van der Waals surface area contributed by atoms with Gasteiger partial charge >= 0.3 is 0 Å². The normalized spacial score (nSPS) is 10.5. The zero-order valence-electron chi connectivity index (χ0n) is 12.5. The molecule has 0 saturated heterocycles. The van der Waals surface area contributed by atoms with Crippen LogP contribution < -0.4 is 0 Å². The maximum absolute atomic E-state index is 12.9. The van der Waals surface area contributed by atoms with Gasteiger partial charge < -0.3 is 4.98 Å². The molecule has 4 aromatic rings. The Morgan fingerprint density at radius 2 is 1.68 bits per heavy atom. The van der Waals surface area contributed by atoms with Crippen LogP contribution >= 0.6 is 0 Å². The van der Waals surface area contributed by atoms with E-state index in [4.69, 9.17) is 0 Å². The summed E-state index contributed by atoms with van der Waals surface area (Å²) in [5.74, 6) is -0.466. The van der Waals surface area contributed by atoms with E-state index in [1.807, 2.05) is 38.2 Å². The van der Waals surface area contributed by atoms with Crippen LogP contribution in [0.3, 0.4) is 0 Å². The van der Waals surface area contributed by atoms with E-state index in [2.05, 4.69) is 21.0 Å². The average Bonchev–Trinajstić information content (AvgIpc) is 2.95. The monoisotopic (exact) mass is 293 g/mol. The molecule has 0 amide bonds. The lowest BCUT2D eigenvalue weighted by atomic mass is 10.1. The molecule has 1 aromatic carbocycles. The highest BCUT2D eigenvalue weighted by Gasteiger charge is 2.06. The van der Waals surface area contributed by atoms with Gasteiger partial charge in [-0.25, -0.2) is 4.98 Å². The topological polar surface area (TPSA) is 41.6 Å². The van der Waals surface area contributed by atoms with Gasteiger partial charge in [0.1, 0.15) is 0 Å². The number of nitrogens with one attached hydrogen (secondary N) is 1. The zero-order chi connectivity index (χ0) is 15.5. The SMILES string of the molecule is CC.Fc1ccc(-c2ccc3c(c2)[nH]c2ccncc23)cn1. The van der Waals surface area contributed by atoms with E-state index < -0.39 is 5.95 Å². The van der Waals surface area contributed by atoms with E-state index in [0.717, 1.165) is 32.9 Å². The highest BCUT2D eigenvalue weighted by molar-refractivity contribution is 6.07. The van der Waals surface area contributed by atoms with Crippen molar-refractivity contribution in [2.24, 2.45) is 0 Å². The summed E-state index contributed by atoms with van der Waals surface area (Å²) in [7, 11) is 0. The van der Waals surface area contributed by atoms with Gasteiger partial charge in [0.05, 0.1) is 0 Å². The number of rotatable bonds is 1. The maximum Gasteiger partial charge on any atom is 0.212 e. The van der Waals surface area contributed by atoms with Crippen molar-refractivity contribution in [2.75, 3.05) is 0 Å². The number of aromatic nitrogens is 3. The predicted octanol–water partition coefficient (Wildman–Crippen LogP) is 4.94. The number of pyridine rings is 2. The molecule has 3 heterocycles. The minimum absolute atomic E-state index is 0.466. The van der Waals surface area contributed by atoms with Crippen molar-refractivity contribution in [3.8, 4) is 11.1 Å². The lowest BCUT2D eigenvalue weighted by Crippen LogP contribution is -1.83. The molecular weight excluding hydrogens is 277 g/mol. The molecule has 0 saturated carbocycles. The summed E-state index contributed by atoms with van der Waals surface area (Å²) in [5, 5.41) is 2.23. The molecule has 3 nitrogen and oxygen atoms in total. The van der Waals surface area contributed by atoms with Crippen LogP contribution in [0.4, 0.5) is 4.39 Å². The second-order valence-electron chi connectivity index (χ2n) is 4.68. The van der Waals surface area contributed by atoms with E-state index in [1.54, 1.807) is 18.5 Å². The molecule has 4 heteroatoms. The first-order chi connectivity index (χ1) is 10.8. The Bertz CT molecular complexity index is 911. The third-order valence-electron chi connectivity index (χ3n) is 3.46. The molecule has 0 bridgehead atoms. The second kappa shape index (κ2) is 5.93. The van der Waals surface area contributed by atoms with Crippen LogP contribution in [0.15, 0.2) is 55.0 Å². The van der Waals surface area contributed by atoms with Gasteiger partial charge in [0.2, 0.25) is 5.95 Å². The quantitative estimate of drug-likeness (QED) is 0.505. The molecule has 0 aliphatic carbocycles. The number of benzene rings is 1. The average molecular weight is 293 g/mol. The number of fused-ring (bicyclic) bond motifs is 3. The van der Waals surface area contributed by atoms with Gasteiger partial charge in [-0.1, -0.05) is 26.0 Å². The Hall–Kier alpha value is -2.75. The fraction of sp³-hybridized carbons (Fsp3) is 0.111. The second-order valence-corrected chi connectivity index (χ2v) is 4.68. The van der Waals surface area contributed by atoms with Crippen LogP contribution in [0.2, 0.25) is 0 Å². The minimum atomic E-state index is -0.466. The Kier molecular flexibility index (Phi) is 3.83. The van der Waals surface area contributed by atoms with Gasteiger partial charge in [-0.3, -0.25) is 4.98 Å². The summed E-state index contributed by atoms with van der Waals surface area (Å²) >= 11 is 0. The molecule has 0 spiro atoms. The summed E-state index contributed by atoms with van der Waals surface area (Å²) in [6.07, 6.45) is 5.16. The Balaban J connectivity index is 0.000000693. The molecule has 110 valence electrons. The van der Waals surface area contributed by atoms with Crippen LogP contribution in [0.1, 0.15) is 13.8 Å². The first kappa shape index (κ1) is 14.2. The molecule has 0 atom stereocenters. The number of hydrogen-bond donors (Lipinski definition) is 1. The highest BCUT2D eigenvalue weighted by Crippen LogP contribution is 2.28. The van der Waals surface area contributed by atoms with E-state index in [-0.39, 0.29) is 0 Å². The largest absolute Gasteiger partial charge is 0.354 e. The van der Waals surface area contributed by atoms with Crippen molar-refractivity contribution < 1.29 is 4.39 Å². The van der Waals surface area contributed by atoms with Gasteiger partial charge in [-0.2, -0.15) is 4.39 Å². The number of aromatic amines is 1. The van der Waals surface area contributed by atoms with Gasteiger partial charge in [-0.15, -0.1) is 0 Å². The molecular formula is C18H16FN3. The summed E-state index contributed by atoms with van der Waals surface area (Å²) in [5.41, 5.74) is 3.99. The molecule has 0 radical (unpaired) electrons. The van der Waals surface area contributed by atoms with E-state index in [1.165, 1.54) is 6.07 Å². The smallest absolute Gasteiger partial charge is 0.212 e. The van der Waals surface area contributed by atoms with Gasteiger partial charge in [0.15, 0.2) is 0 Å². The van der Waals surface area contributed by atoms with Gasteiger partial charge in [0.25, 0.3) is 0 Å². The van der Waals surface area contributed by atoms with Crippen molar-refractivity contribution in [3.63, 3.8) is 0 Å². The molecule has 3 aromatic heterocycles. The Morgan fingerprint density at radius 3 is 2.45 bits per heavy atom. The molecule has 22 heavy (non-hydrogen) atoms. The van der Waals surface area contributed by atoms with E-state index in [0.29, 0.717) is 0 Å². The molecule has 0 aliphatic heterocycles. The lowest BCUT2D eigenvalue weighted by Gasteiger charge is -2.01. The molecule has 0 aliphatic rings. The van der Waals surface area contributed by atoms with Crippen LogP contribution in [0.5, 0.6) is 0 Å². The standard InChI is InChI=1S/C16H10FN3.C2H6/c17-16-4-2-11(8-19-16)10-1-3-12-13-9-18-6-5-14(13)20-15(12)7-10;1-2/h1-9,20H;1-2H3. The molecule has 1 N–H and O–H groups in total. The fourth-order valence-corrected chi connectivity index (χ4v) is 2.47. The van der Waals surface area contributed by atoms with Crippen molar-refractivity contribution in [2.45, 2.75) is 13.8 Å². The first-order valence-corrected chi connectivity index (χ1v) is 7.29. The van der Waals surface area contributed by atoms with Crippen molar-refractivity contribution in [3.05, 3.63) is 60.9 Å². The zero-order valence-corrected chi connectivity index (χ0v) is 12.5. The van der Waals surface area contributed by atoms with Gasteiger partial charge in [-0.05, 0) is 29.8 Å². The molecule has 4 rings (SSSR count). The summed E-state index contributed by atoms with van der Waals surface area (Å²) in [4.78, 5) is 11.2. The minimum Gasteiger partial charge on any atom is -0.354 e. The predicted molar refractivity (Wildman–Crippen MR) is 88.1 cm³/mol. The number of nitrogens with zero attached hydrogens (tertiary/aromatic N) is 2. The number of hydrogen-bond acceptors (Lipinski definition) is 2. The van der Waals surface area contributed by atoms with Crippen molar-refractivity contribution in [1.82, 2.24) is 15.0 Å². The Labute approximate surface area is 127 Å². The first-order valence-electron chi connectivity index (χ1n) is 7.29. The van der Waals surface area contributed by atoms with Crippen LogP contribution in [-0.4, -0.2) is 15.0 Å². The van der Waals surface area contributed by atoms with Crippen molar-refractivity contribution >= 4 is 21.8 Å². The summed E-state index contributed by atoms with van der Waals surface area (Å²) in [6, 6.07) is 11.2. The highest BCUT2D eigenvalue weighted by atomic mass is 19.1. The van der Waals surface area contributed by atoms with Crippen molar-refractivity contribution in [1.29, 1.82) is 0 Å². The lowest BCUT2D eigenvalue weighted by molar-refractivity contribution is 0.584. The van der Waals surface area contributed by atoms with Crippen LogP contribution in [0.25, 0.3) is 32.9 Å². The third-order valence-corrected chi connectivity index (χ3v) is 3.46. The van der Waals surface area contributed by atoms with E-state index in [9.17, 15) is 4.39 Å². The Morgan fingerprint density at radius 1 is 0.864 bits per heavy atom. The summed E-state index contributed by atoms with van der Waals surface area (Å²) in [6.45, 7) is 4.00. The molecule has 0 fully saturated rings. The molecule has 0 unspecified atom stereocenters. The fourth-order valence-electron chi connectivity index (χ4n) is 2.47. The van der Waals surface area contributed by atoms with Gasteiger partial charge in [0, 0.05) is 46.0 Å². The van der Waals surface area contributed by atoms with E-state index >= 15 is 0 Å². The maximum atomic E-state index is 12.9. The van der Waals surface area contributed by atoms with Crippen LogP contribution in [0, 0.1) is 5.95 Å². The number of H-pyrrole nitrogens is 1. The summed E-state index contributed by atoms with van der Waals surface area (Å²) < 4.78 is 12.9.